The standard InChI is InChI=1S/C15H17N3O4S/c1-7-5-12(13(18(21)22)15(20)16-7)14(19)17-9(3)11-6-8(2)23-10(11)4/h5-6,9H,1-4H3,(H,16,20)(H,17,19)/t9-/m1/s1. The Hall–Kier alpha value is -2.48. The van der Waals surface area contributed by atoms with Gasteiger partial charge in [-0.3, -0.25) is 19.7 Å². The van der Waals surface area contributed by atoms with Gasteiger partial charge in [-0.2, -0.15) is 0 Å². The lowest BCUT2D eigenvalue weighted by Crippen LogP contribution is -2.29. The van der Waals surface area contributed by atoms with Crippen molar-refractivity contribution in [1.82, 2.24) is 10.3 Å². The van der Waals surface area contributed by atoms with Crippen LogP contribution in [0.2, 0.25) is 0 Å². The number of thiophene rings is 1. The summed E-state index contributed by atoms with van der Waals surface area (Å²) >= 11 is 1.62. The Balaban J connectivity index is 2.36. The van der Waals surface area contributed by atoms with Crippen molar-refractivity contribution < 1.29 is 9.72 Å². The highest BCUT2D eigenvalue weighted by Crippen LogP contribution is 2.26. The van der Waals surface area contributed by atoms with Crippen molar-refractivity contribution in [1.29, 1.82) is 0 Å². The predicted molar refractivity (Wildman–Crippen MR) is 88.1 cm³/mol. The van der Waals surface area contributed by atoms with E-state index in [9.17, 15) is 19.7 Å². The zero-order chi connectivity index (χ0) is 17.3. The number of rotatable bonds is 4. The number of carbonyl (C=O) groups is 1. The number of nitrogens with one attached hydrogen (secondary N) is 2. The zero-order valence-electron chi connectivity index (χ0n) is 13.2. The molecule has 2 N–H and O–H groups in total. The molecule has 2 rings (SSSR count). The van der Waals surface area contributed by atoms with E-state index >= 15 is 0 Å². The number of nitrogens with zero attached hydrogens (tertiary/aromatic N) is 1. The molecule has 1 atom stereocenters. The SMILES string of the molecule is Cc1cc(C(=O)N[C@H](C)c2cc(C)sc2C)c([N+](=O)[O-])c(=O)[nH]1. The number of hydrogen-bond acceptors (Lipinski definition) is 5. The number of hydrogen-bond donors (Lipinski definition) is 2. The Kier molecular flexibility index (Phi) is 4.65. The summed E-state index contributed by atoms with van der Waals surface area (Å²) in [6, 6.07) is 2.97. The van der Waals surface area contributed by atoms with Crippen molar-refractivity contribution in [2.75, 3.05) is 0 Å². The number of carbonyl (C=O) groups excluding carboxylic acids is 1. The summed E-state index contributed by atoms with van der Waals surface area (Å²) in [6.07, 6.45) is 0. The second-order valence-electron chi connectivity index (χ2n) is 5.36. The Morgan fingerprint density at radius 2 is 2.00 bits per heavy atom. The molecule has 7 nitrogen and oxygen atoms in total. The normalized spacial score (nSPS) is 12.0. The van der Waals surface area contributed by atoms with Crippen LogP contribution >= 0.6 is 11.3 Å². The minimum Gasteiger partial charge on any atom is -0.345 e. The van der Waals surface area contributed by atoms with Gasteiger partial charge in [0.25, 0.3) is 5.91 Å². The fraction of sp³-hybridized carbons (Fsp3) is 0.333. The molecule has 0 aliphatic rings. The maximum absolute atomic E-state index is 12.4. The van der Waals surface area contributed by atoms with Crippen LogP contribution in [0, 0.1) is 30.9 Å². The maximum Gasteiger partial charge on any atom is 0.346 e. The lowest BCUT2D eigenvalue weighted by molar-refractivity contribution is -0.386. The highest BCUT2D eigenvalue weighted by molar-refractivity contribution is 7.12. The average molecular weight is 335 g/mol. The second-order valence-corrected chi connectivity index (χ2v) is 6.83. The van der Waals surface area contributed by atoms with Crippen molar-refractivity contribution in [2.24, 2.45) is 0 Å². The Labute approximate surface area is 136 Å². The van der Waals surface area contributed by atoms with Gasteiger partial charge in [-0.25, -0.2) is 0 Å². The van der Waals surface area contributed by atoms with Gasteiger partial charge in [-0.05, 0) is 45.4 Å². The fourth-order valence-corrected chi connectivity index (χ4v) is 3.49. The summed E-state index contributed by atoms with van der Waals surface area (Å²) in [4.78, 5) is 38.9. The summed E-state index contributed by atoms with van der Waals surface area (Å²) in [6.45, 7) is 7.30. The van der Waals surface area contributed by atoms with Crippen molar-refractivity contribution in [2.45, 2.75) is 33.7 Å². The molecule has 23 heavy (non-hydrogen) atoms. The zero-order valence-corrected chi connectivity index (χ0v) is 14.0. The van der Waals surface area contributed by atoms with Crippen LogP contribution in [-0.4, -0.2) is 15.8 Å². The molecule has 0 aromatic carbocycles. The Bertz CT molecular complexity index is 838. The van der Waals surface area contributed by atoms with E-state index < -0.39 is 22.1 Å². The largest absolute Gasteiger partial charge is 0.346 e. The monoisotopic (exact) mass is 335 g/mol. The number of aryl methyl sites for hydroxylation is 3. The van der Waals surface area contributed by atoms with E-state index in [1.54, 1.807) is 25.2 Å². The molecular weight excluding hydrogens is 318 g/mol. The van der Waals surface area contributed by atoms with Gasteiger partial charge in [0.2, 0.25) is 0 Å². The molecule has 8 heteroatoms. The first-order chi connectivity index (χ1) is 10.7. The third-order valence-corrected chi connectivity index (χ3v) is 4.44. The number of pyridine rings is 1. The van der Waals surface area contributed by atoms with Crippen molar-refractivity contribution in [3.8, 4) is 0 Å². The molecule has 0 saturated carbocycles. The third-order valence-electron chi connectivity index (χ3n) is 3.46. The van der Waals surface area contributed by atoms with Gasteiger partial charge in [0.15, 0.2) is 0 Å². The fourth-order valence-electron chi connectivity index (χ4n) is 2.47. The molecule has 0 spiro atoms. The highest BCUT2D eigenvalue weighted by Gasteiger charge is 2.26. The molecule has 2 heterocycles. The first-order valence-corrected chi connectivity index (χ1v) is 7.78. The highest BCUT2D eigenvalue weighted by atomic mass is 32.1. The van der Waals surface area contributed by atoms with Crippen molar-refractivity contribution in [3.05, 3.63) is 59.2 Å². The van der Waals surface area contributed by atoms with Gasteiger partial charge < -0.3 is 10.3 Å². The molecule has 0 unspecified atom stereocenters. The maximum atomic E-state index is 12.4. The second kappa shape index (κ2) is 6.33. The molecule has 0 fully saturated rings. The van der Waals surface area contributed by atoms with E-state index in [2.05, 4.69) is 10.3 Å². The summed E-state index contributed by atoms with van der Waals surface area (Å²) in [7, 11) is 0. The van der Waals surface area contributed by atoms with E-state index in [1.165, 1.54) is 6.07 Å². The lowest BCUT2D eigenvalue weighted by atomic mass is 10.1. The van der Waals surface area contributed by atoms with Gasteiger partial charge in [0.1, 0.15) is 5.56 Å². The van der Waals surface area contributed by atoms with Crippen LogP contribution in [0.3, 0.4) is 0 Å². The first-order valence-electron chi connectivity index (χ1n) is 6.96. The summed E-state index contributed by atoms with van der Waals surface area (Å²) in [5.74, 6) is -0.637. The van der Waals surface area contributed by atoms with Gasteiger partial charge in [0.05, 0.1) is 11.0 Å². The van der Waals surface area contributed by atoms with Crippen LogP contribution in [0.25, 0.3) is 0 Å². The van der Waals surface area contributed by atoms with Gasteiger partial charge in [-0.1, -0.05) is 0 Å². The van der Waals surface area contributed by atoms with Gasteiger partial charge in [0, 0.05) is 15.4 Å². The first kappa shape index (κ1) is 16.9. The minimum absolute atomic E-state index is 0.229. The van der Waals surface area contributed by atoms with Crippen molar-refractivity contribution >= 4 is 22.9 Å². The molecule has 1 amide bonds. The van der Waals surface area contributed by atoms with Crippen LogP contribution in [0.5, 0.6) is 0 Å². The van der Waals surface area contributed by atoms with E-state index in [1.807, 2.05) is 19.9 Å². The van der Waals surface area contributed by atoms with Crippen LogP contribution in [-0.2, 0) is 0 Å². The minimum atomic E-state index is -0.879. The van der Waals surface area contributed by atoms with E-state index in [0.717, 1.165) is 15.3 Å². The number of H-pyrrole nitrogens is 1. The average Bonchev–Trinajstić information content (AvgIpc) is 2.76. The smallest absolute Gasteiger partial charge is 0.345 e. The van der Waals surface area contributed by atoms with Gasteiger partial charge in [-0.15, -0.1) is 11.3 Å². The predicted octanol–water partition coefficient (Wildman–Crippen LogP) is 2.76. The number of aromatic nitrogens is 1. The molecule has 0 bridgehead atoms. The molecule has 0 radical (unpaired) electrons. The number of nitro groups is 1. The lowest BCUT2D eigenvalue weighted by Gasteiger charge is -2.14. The summed E-state index contributed by atoms with van der Waals surface area (Å²) in [5.41, 5.74) is -0.493. The topological polar surface area (TPSA) is 105 Å². The molecule has 122 valence electrons. The van der Waals surface area contributed by atoms with E-state index in [-0.39, 0.29) is 11.6 Å². The molecule has 0 saturated heterocycles. The van der Waals surface area contributed by atoms with Crippen LogP contribution in [0.15, 0.2) is 16.9 Å². The Morgan fingerprint density at radius 1 is 1.35 bits per heavy atom. The number of aromatic amines is 1. The van der Waals surface area contributed by atoms with Crippen LogP contribution in [0.4, 0.5) is 5.69 Å². The molecule has 0 aliphatic heterocycles. The quantitative estimate of drug-likeness (QED) is 0.662. The van der Waals surface area contributed by atoms with E-state index in [4.69, 9.17) is 0 Å². The van der Waals surface area contributed by atoms with E-state index in [0.29, 0.717) is 5.69 Å². The molecule has 0 aliphatic carbocycles. The van der Waals surface area contributed by atoms with Crippen molar-refractivity contribution in [3.63, 3.8) is 0 Å². The molecule has 2 aromatic heterocycles. The number of amides is 1. The summed E-state index contributed by atoms with van der Waals surface area (Å²) < 4.78 is 0. The third kappa shape index (κ3) is 3.48. The molecule has 2 aromatic rings. The summed E-state index contributed by atoms with van der Waals surface area (Å²) in [5, 5.41) is 13.8. The Morgan fingerprint density at radius 3 is 2.52 bits per heavy atom. The molecular formula is C15H17N3O4S. The van der Waals surface area contributed by atoms with Crippen LogP contribution in [0.1, 0.15) is 44.3 Å². The van der Waals surface area contributed by atoms with Crippen LogP contribution < -0.4 is 10.9 Å². The van der Waals surface area contributed by atoms with Gasteiger partial charge >= 0.3 is 11.2 Å².